The first-order chi connectivity index (χ1) is 14.3. The lowest BCUT2D eigenvalue weighted by molar-refractivity contribution is 0.0835. The molecule has 0 amide bonds. The molecule has 0 fully saturated rings. The van der Waals surface area contributed by atoms with Gasteiger partial charge in [0.2, 0.25) is 0 Å². The van der Waals surface area contributed by atoms with Gasteiger partial charge in [-0.2, -0.15) is 0 Å². The highest BCUT2D eigenvalue weighted by Crippen LogP contribution is 2.30. The van der Waals surface area contributed by atoms with Crippen molar-refractivity contribution in [2.45, 2.75) is 22.6 Å². The van der Waals surface area contributed by atoms with Crippen molar-refractivity contribution < 1.29 is 29.2 Å². The van der Waals surface area contributed by atoms with Crippen LogP contribution in [0.2, 0.25) is 0 Å². The van der Waals surface area contributed by atoms with Crippen molar-refractivity contribution >= 4 is 11.8 Å². The fraction of sp³-hybridized carbons (Fsp3) is 0.455. The average Bonchev–Trinajstić information content (AvgIpc) is 2.75. The van der Waals surface area contributed by atoms with Crippen molar-refractivity contribution in [3.8, 4) is 11.5 Å². The van der Waals surface area contributed by atoms with E-state index in [1.165, 1.54) is 0 Å². The maximum atomic E-state index is 8.64. The third kappa shape index (κ3) is 10.5. The molecule has 29 heavy (non-hydrogen) atoms. The van der Waals surface area contributed by atoms with Crippen LogP contribution in [0.15, 0.2) is 58.3 Å². The van der Waals surface area contributed by atoms with Crippen molar-refractivity contribution in [2.75, 3.05) is 52.9 Å². The van der Waals surface area contributed by atoms with Crippen LogP contribution in [0.4, 0.5) is 0 Å². The van der Waals surface area contributed by atoms with Gasteiger partial charge in [0.1, 0.15) is 11.5 Å². The Labute approximate surface area is 176 Å². The molecule has 0 spiro atoms. The fourth-order valence-corrected chi connectivity index (χ4v) is 3.20. The van der Waals surface area contributed by atoms with Gasteiger partial charge in [-0.25, -0.2) is 0 Å². The monoisotopic (exact) mass is 422 g/mol. The van der Waals surface area contributed by atoms with E-state index in [9.17, 15) is 0 Å². The van der Waals surface area contributed by atoms with E-state index >= 15 is 0 Å². The zero-order valence-electron chi connectivity index (χ0n) is 16.6. The lowest BCUT2D eigenvalue weighted by Crippen LogP contribution is -2.05. The summed E-state index contributed by atoms with van der Waals surface area (Å²) in [5.41, 5.74) is 0. The van der Waals surface area contributed by atoms with Crippen molar-refractivity contribution in [2.24, 2.45) is 0 Å². The molecule has 0 aliphatic carbocycles. The van der Waals surface area contributed by atoms with Gasteiger partial charge in [0.05, 0.1) is 39.6 Å². The largest absolute Gasteiger partial charge is 0.494 e. The van der Waals surface area contributed by atoms with Gasteiger partial charge in [0.15, 0.2) is 0 Å². The van der Waals surface area contributed by atoms with Crippen molar-refractivity contribution in [3.63, 3.8) is 0 Å². The van der Waals surface area contributed by atoms with Gasteiger partial charge in [0, 0.05) is 35.8 Å². The van der Waals surface area contributed by atoms with E-state index in [1.54, 1.807) is 11.8 Å². The Kier molecular flexibility index (Phi) is 12.3. The summed E-state index contributed by atoms with van der Waals surface area (Å²) >= 11 is 1.68. The highest BCUT2D eigenvalue weighted by molar-refractivity contribution is 7.99. The molecule has 0 aliphatic heterocycles. The number of aliphatic hydroxyl groups excluding tert-OH is 2. The lowest BCUT2D eigenvalue weighted by atomic mass is 10.3. The maximum absolute atomic E-state index is 8.64. The highest BCUT2D eigenvalue weighted by Gasteiger charge is 2.01. The van der Waals surface area contributed by atoms with E-state index in [4.69, 9.17) is 29.2 Å². The van der Waals surface area contributed by atoms with Crippen LogP contribution >= 0.6 is 11.8 Å². The van der Waals surface area contributed by atoms with E-state index in [2.05, 4.69) is 0 Å². The predicted molar refractivity (Wildman–Crippen MR) is 113 cm³/mol. The molecular formula is C22H30O6S. The first kappa shape index (κ1) is 23.5. The molecule has 0 unspecified atom stereocenters. The summed E-state index contributed by atoms with van der Waals surface area (Å²) in [4.78, 5) is 2.27. The van der Waals surface area contributed by atoms with Gasteiger partial charge >= 0.3 is 0 Å². The molecule has 2 N–H and O–H groups in total. The second-order valence-electron chi connectivity index (χ2n) is 6.12. The minimum atomic E-state index is 0.0529. The smallest absolute Gasteiger partial charge is 0.119 e. The van der Waals surface area contributed by atoms with E-state index in [0.717, 1.165) is 34.1 Å². The lowest BCUT2D eigenvalue weighted by Gasteiger charge is -2.09. The minimum absolute atomic E-state index is 0.0529. The average molecular weight is 423 g/mol. The Morgan fingerprint density at radius 2 is 0.966 bits per heavy atom. The van der Waals surface area contributed by atoms with Crippen molar-refractivity contribution in [1.29, 1.82) is 0 Å². The number of hydrogen-bond donors (Lipinski definition) is 2. The van der Waals surface area contributed by atoms with Gasteiger partial charge < -0.3 is 29.2 Å². The first-order valence-corrected chi connectivity index (χ1v) is 10.6. The Morgan fingerprint density at radius 1 is 0.552 bits per heavy atom. The molecule has 7 heteroatoms. The van der Waals surface area contributed by atoms with Crippen LogP contribution in [0.5, 0.6) is 11.5 Å². The topological polar surface area (TPSA) is 77.4 Å². The fourth-order valence-electron chi connectivity index (χ4n) is 2.38. The highest BCUT2D eigenvalue weighted by atomic mass is 32.2. The molecule has 2 aromatic rings. The second-order valence-corrected chi connectivity index (χ2v) is 7.27. The Hall–Kier alpha value is -1.77. The van der Waals surface area contributed by atoms with Gasteiger partial charge in [-0.3, -0.25) is 0 Å². The molecule has 0 aliphatic rings. The summed E-state index contributed by atoms with van der Waals surface area (Å²) < 4.78 is 21.8. The molecule has 0 saturated heterocycles. The van der Waals surface area contributed by atoms with Gasteiger partial charge in [-0.15, -0.1) is 0 Å². The Balaban J connectivity index is 1.66. The van der Waals surface area contributed by atoms with Crippen LogP contribution in [0, 0.1) is 0 Å². The van der Waals surface area contributed by atoms with Gasteiger partial charge in [-0.1, -0.05) is 11.8 Å². The van der Waals surface area contributed by atoms with E-state index in [-0.39, 0.29) is 13.2 Å². The number of benzene rings is 2. The third-order valence-electron chi connectivity index (χ3n) is 3.76. The summed E-state index contributed by atoms with van der Waals surface area (Å²) in [6.07, 6.45) is 1.58. The quantitative estimate of drug-likeness (QED) is 0.402. The molecule has 0 aromatic heterocycles. The predicted octanol–water partition coefficient (Wildman–Crippen LogP) is 3.39. The molecule has 0 saturated carbocycles. The summed E-state index contributed by atoms with van der Waals surface area (Å²) in [5.74, 6) is 1.67. The van der Waals surface area contributed by atoms with Gasteiger partial charge in [0.25, 0.3) is 0 Å². The zero-order chi connectivity index (χ0) is 20.6. The SMILES string of the molecule is OCCOCCCOc1ccc(Sc2ccc(OCCCOCCO)cc2)cc1. The summed E-state index contributed by atoms with van der Waals surface area (Å²) in [6, 6.07) is 16.0. The first-order valence-electron chi connectivity index (χ1n) is 9.82. The number of aliphatic hydroxyl groups is 2. The molecule has 0 atom stereocenters. The van der Waals surface area contributed by atoms with Crippen LogP contribution in [0.25, 0.3) is 0 Å². The van der Waals surface area contributed by atoms with Crippen LogP contribution < -0.4 is 9.47 Å². The molecule has 160 valence electrons. The van der Waals surface area contributed by atoms with Crippen LogP contribution in [0.1, 0.15) is 12.8 Å². The van der Waals surface area contributed by atoms with E-state index in [0.29, 0.717) is 39.6 Å². The van der Waals surface area contributed by atoms with E-state index in [1.807, 2.05) is 48.5 Å². The molecule has 0 heterocycles. The van der Waals surface area contributed by atoms with Crippen LogP contribution in [-0.2, 0) is 9.47 Å². The van der Waals surface area contributed by atoms with Crippen LogP contribution in [0.3, 0.4) is 0 Å². The Morgan fingerprint density at radius 3 is 1.34 bits per heavy atom. The van der Waals surface area contributed by atoms with Crippen molar-refractivity contribution in [3.05, 3.63) is 48.5 Å². The number of rotatable bonds is 16. The molecule has 6 nitrogen and oxygen atoms in total. The number of hydrogen-bond acceptors (Lipinski definition) is 7. The number of ether oxygens (including phenoxy) is 4. The molecule has 0 bridgehead atoms. The second kappa shape index (κ2) is 15.1. The van der Waals surface area contributed by atoms with Gasteiger partial charge in [-0.05, 0) is 48.5 Å². The maximum Gasteiger partial charge on any atom is 0.119 e. The van der Waals surface area contributed by atoms with Crippen molar-refractivity contribution in [1.82, 2.24) is 0 Å². The zero-order valence-corrected chi connectivity index (χ0v) is 17.4. The van der Waals surface area contributed by atoms with E-state index < -0.39 is 0 Å². The molecular weight excluding hydrogens is 392 g/mol. The molecule has 2 rings (SSSR count). The summed E-state index contributed by atoms with van der Waals surface area (Å²) in [6.45, 7) is 3.21. The summed E-state index contributed by atoms with van der Waals surface area (Å²) in [7, 11) is 0. The normalized spacial score (nSPS) is 10.8. The Bertz CT molecular complexity index is 590. The molecule has 0 radical (unpaired) electrons. The third-order valence-corrected chi connectivity index (χ3v) is 4.77. The van der Waals surface area contributed by atoms with Crippen LogP contribution in [-0.4, -0.2) is 63.1 Å². The standard InChI is InChI=1S/C22H30O6S/c23-11-17-25-13-1-15-27-19-3-7-21(8-4-19)29-22-9-5-20(6-10-22)28-16-2-14-26-18-12-24/h3-10,23-24H,1-2,11-18H2. The minimum Gasteiger partial charge on any atom is -0.494 e. The molecule has 2 aromatic carbocycles. The summed E-state index contributed by atoms with van der Waals surface area (Å²) in [5, 5.41) is 17.3.